The van der Waals surface area contributed by atoms with E-state index in [-0.39, 0.29) is 6.04 Å². The maximum Gasteiger partial charge on any atom is 0.413 e. The third-order valence-corrected chi connectivity index (χ3v) is 5.56. The van der Waals surface area contributed by atoms with Gasteiger partial charge in [0.2, 0.25) is 0 Å². The summed E-state index contributed by atoms with van der Waals surface area (Å²) in [5.41, 5.74) is 3.29. The summed E-state index contributed by atoms with van der Waals surface area (Å²) >= 11 is 1.43. The second-order valence-electron chi connectivity index (χ2n) is 6.63. The third-order valence-electron chi connectivity index (χ3n) is 4.79. The number of hydrogen-bond acceptors (Lipinski definition) is 6. The van der Waals surface area contributed by atoms with Gasteiger partial charge < -0.3 is 9.64 Å². The molecule has 1 atom stereocenters. The summed E-state index contributed by atoms with van der Waals surface area (Å²) in [5, 5.41) is 5.34. The van der Waals surface area contributed by atoms with Crippen molar-refractivity contribution in [2.75, 3.05) is 23.4 Å². The highest BCUT2D eigenvalue weighted by atomic mass is 32.1. The number of amides is 1. The van der Waals surface area contributed by atoms with Gasteiger partial charge in [-0.25, -0.2) is 9.78 Å². The zero-order valence-corrected chi connectivity index (χ0v) is 16.3. The number of aromatic nitrogens is 2. The Morgan fingerprint density at radius 2 is 2.04 bits per heavy atom. The van der Waals surface area contributed by atoms with Gasteiger partial charge in [0.1, 0.15) is 0 Å². The molecule has 1 aliphatic rings. The first-order valence-electron chi connectivity index (χ1n) is 9.39. The Labute approximate surface area is 168 Å². The van der Waals surface area contributed by atoms with Crippen molar-refractivity contribution in [1.29, 1.82) is 0 Å². The molecule has 1 aliphatic heterocycles. The van der Waals surface area contributed by atoms with Crippen LogP contribution < -0.4 is 10.2 Å². The van der Waals surface area contributed by atoms with E-state index in [1.165, 1.54) is 17.0 Å². The maximum absolute atomic E-state index is 12.0. The average Bonchev–Trinajstić information content (AvgIpc) is 3.39. The van der Waals surface area contributed by atoms with Crippen LogP contribution in [0.4, 0.5) is 15.6 Å². The molecule has 0 unspecified atom stereocenters. The van der Waals surface area contributed by atoms with Gasteiger partial charge in [0.05, 0.1) is 18.3 Å². The number of para-hydroxylation sites is 1. The van der Waals surface area contributed by atoms with E-state index in [4.69, 9.17) is 4.74 Å². The second kappa shape index (κ2) is 8.84. The van der Waals surface area contributed by atoms with Crippen LogP contribution in [0.1, 0.15) is 30.1 Å². The minimum atomic E-state index is -0.471. The molecule has 1 fully saturated rings. The lowest BCUT2D eigenvalue weighted by Gasteiger charge is -2.25. The Kier molecular flexibility index (Phi) is 5.82. The van der Waals surface area contributed by atoms with E-state index in [0.717, 1.165) is 30.6 Å². The molecule has 1 aromatic carbocycles. The number of thiazole rings is 1. The first-order chi connectivity index (χ1) is 13.8. The molecule has 1 saturated heterocycles. The molecule has 3 aromatic rings. The van der Waals surface area contributed by atoms with Crippen LogP contribution in [0.3, 0.4) is 0 Å². The molecule has 6 nitrogen and oxygen atoms in total. The number of nitrogens with one attached hydrogen (secondary N) is 1. The Bertz CT molecular complexity index is 901. The predicted octanol–water partition coefficient (Wildman–Crippen LogP) is 4.67. The lowest BCUT2D eigenvalue weighted by molar-refractivity contribution is 0.163. The summed E-state index contributed by atoms with van der Waals surface area (Å²) in [7, 11) is 0. The summed E-state index contributed by atoms with van der Waals surface area (Å²) in [5.74, 6) is 0. The van der Waals surface area contributed by atoms with Gasteiger partial charge in [-0.05, 0) is 42.7 Å². The number of anilines is 2. The topological polar surface area (TPSA) is 67.4 Å². The molecule has 0 bridgehead atoms. The zero-order chi connectivity index (χ0) is 19.2. The Morgan fingerprint density at radius 3 is 2.86 bits per heavy atom. The monoisotopic (exact) mass is 394 g/mol. The van der Waals surface area contributed by atoms with E-state index in [1.807, 2.05) is 23.6 Å². The van der Waals surface area contributed by atoms with Crippen molar-refractivity contribution in [3.05, 3.63) is 71.5 Å². The van der Waals surface area contributed by atoms with E-state index in [9.17, 15) is 4.79 Å². The predicted molar refractivity (Wildman–Crippen MR) is 111 cm³/mol. The van der Waals surface area contributed by atoms with Gasteiger partial charge >= 0.3 is 6.09 Å². The SMILES string of the molecule is O=C(Nc1nc([C@H]2CCCN2c2ccccc2)cs1)OCCc1ccncc1. The number of nitrogens with zero attached hydrogens (tertiary/aromatic N) is 3. The fourth-order valence-electron chi connectivity index (χ4n) is 3.43. The van der Waals surface area contributed by atoms with E-state index in [0.29, 0.717) is 18.2 Å². The van der Waals surface area contributed by atoms with Crippen LogP contribution >= 0.6 is 11.3 Å². The number of carbonyl (C=O) groups excluding carboxylic acids is 1. The normalized spacial score (nSPS) is 16.1. The van der Waals surface area contributed by atoms with Gasteiger partial charge in [-0.15, -0.1) is 11.3 Å². The lowest BCUT2D eigenvalue weighted by Crippen LogP contribution is -2.22. The number of carbonyl (C=O) groups is 1. The highest BCUT2D eigenvalue weighted by Crippen LogP contribution is 2.37. The molecule has 4 rings (SSSR count). The van der Waals surface area contributed by atoms with Gasteiger partial charge in [0.25, 0.3) is 0 Å². The van der Waals surface area contributed by atoms with Gasteiger partial charge in [0.15, 0.2) is 5.13 Å². The summed E-state index contributed by atoms with van der Waals surface area (Å²) in [6.45, 7) is 1.34. The fourth-order valence-corrected chi connectivity index (χ4v) is 4.18. The van der Waals surface area contributed by atoms with Crippen LogP contribution in [0.25, 0.3) is 0 Å². The van der Waals surface area contributed by atoms with E-state index >= 15 is 0 Å². The van der Waals surface area contributed by atoms with Gasteiger partial charge in [-0.2, -0.15) is 0 Å². The molecule has 144 valence electrons. The third kappa shape index (κ3) is 4.48. The van der Waals surface area contributed by atoms with Crippen molar-refractivity contribution in [3.63, 3.8) is 0 Å². The van der Waals surface area contributed by atoms with E-state index < -0.39 is 6.09 Å². The highest BCUT2D eigenvalue weighted by molar-refractivity contribution is 7.13. The first kappa shape index (κ1) is 18.4. The molecular weight excluding hydrogens is 372 g/mol. The second-order valence-corrected chi connectivity index (χ2v) is 7.49. The number of benzene rings is 1. The van der Waals surface area contributed by atoms with Crippen LogP contribution in [0.5, 0.6) is 0 Å². The van der Waals surface area contributed by atoms with Gasteiger partial charge in [0, 0.05) is 36.4 Å². The summed E-state index contributed by atoms with van der Waals surface area (Å²) in [6.07, 6.45) is 5.85. The largest absolute Gasteiger partial charge is 0.449 e. The van der Waals surface area contributed by atoms with Gasteiger partial charge in [-0.3, -0.25) is 10.3 Å². The molecule has 2 aromatic heterocycles. The number of hydrogen-bond donors (Lipinski definition) is 1. The summed E-state index contributed by atoms with van der Waals surface area (Å²) in [6, 6.07) is 14.5. The summed E-state index contributed by atoms with van der Waals surface area (Å²) in [4.78, 5) is 23.0. The average molecular weight is 395 g/mol. The minimum absolute atomic E-state index is 0.247. The number of rotatable bonds is 6. The van der Waals surface area contributed by atoms with E-state index in [1.54, 1.807) is 12.4 Å². The van der Waals surface area contributed by atoms with Crippen molar-refractivity contribution < 1.29 is 9.53 Å². The quantitative estimate of drug-likeness (QED) is 0.658. The first-order valence-corrected chi connectivity index (χ1v) is 10.3. The standard InChI is InChI=1S/C21H22N4O2S/c26-21(27-14-10-16-8-11-22-12-9-16)24-20-23-18(15-28-20)19-7-4-13-25(19)17-5-2-1-3-6-17/h1-3,5-6,8-9,11-12,15,19H,4,7,10,13-14H2,(H,23,24,26)/t19-/m1/s1. The fraction of sp³-hybridized carbons (Fsp3) is 0.286. The van der Waals surface area contributed by atoms with Crippen molar-refractivity contribution in [1.82, 2.24) is 9.97 Å². The molecule has 0 radical (unpaired) electrons. The number of pyridine rings is 1. The Hall–Kier alpha value is -2.93. The highest BCUT2D eigenvalue weighted by Gasteiger charge is 2.28. The van der Waals surface area contributed by atoms with Crippen LogP contribution in [0.15, 0.2) is 60.2 Å². The molecular formula is C21H22N4O2S. The smallest absolute Gasteiger partial charge is 0.413 e. The molecule has 3 heterocycles. The maximum atomic E-state index is 12.0. The van der Waals surface area contributed by atoms with Crippen molar-refractivity contribution in [2.45, 2.75) is 25.3 Å². The van der Waals surface area contributed by atoms with Gasteiger partial charge in [-0.1, -0.05) is 18.2 Å². The lowest BCUT2D eigenvalue weighted by atomic mass is 10.1. The molecule has 1 amide bonds. The van der Waals surface area contributed by atoms with E-state index in [2.05, 4.69) is 44.5 Å². The van der Waals surface area contributed by atoms with Crippen LogP contribution in [0.2, 0.25) is 0 Å². The molecule has 0 saturated carbocycles. The van der Waals surface area contributed by atoms with Crippen LogP contribution in [0, 0.1) is 0 Å². The number of ether oxygens (including phenoxy) is 1. The molecule has 28 heavy (non-hydrogen) atoms. The molecule has 1 N–H and O–H groups in total. The van der Waals surface area contributed by atoms with Crippen LogP contribution in [-0.4, -0.2) is 29.2 Å². The zero-order valence-electron chi connectivity index (χ0n) is 15.5. The molecule has 0 spiro atoms. The Morgan fingerprint density at radius 1 is 1.21 bits per heavy atom. The van der Waals surface area contributed by atoms with Crippen molar-refractivity contribution in [2.24, 2.45) is 0 Å². The van der Waals surface area contributed by atoms with Crippen molar-refractivity contribution in [3.8, 4) is 0 Å². The molecule has 7 heteroatoms. The summed E-state index contributed by atoms with van der Waals surface area (Å²) < 4.78 is 5.26. The van der Waals surface area contributed by atoms with Crippen LogP contribution in [-0.2, 0) is 11.2 Å². The minimum Gasteiger partial charge on any atom is -0.449 e. The van der Waals surface area contributed by atoms with Crippen molar-refractivity contribution >= 4 is 28.2 Å². The molecule has 0 aliphatic carbocycles. The Balaban J connectivity index is 1.32.